The lowest BCUT2D eigenvalue weighted by Gasteiger charge is -2.03. The van der Waals surface area contributed by atoms with Crippen LogP contribution < -0.4 is 5.32 Å². The summed E-state index contributed by atoms with van der Waals surface area (Å²) in [6, 6.07) is 1.77. The molecule has 0 aliphatic heterocycles. The fraction of sp³-hybridized carbons (Fsp3) is 0.500. The summed E-state index contributed by atoms with van der Waals surface area (Å²) in [5.74, 6) is 0.635. The first-order valence-electron chi connectivity index (χ1n) is 4.08. The first-order valence-corrected chi connectivity index (χ1v) is 4.08. The lowest BCUT2D eigenvalue weighted by molar-refractivity contribution is 0.167. The van der Waals surface area contributed by atoms with Gasteiger partial charge in [-0.05, 0) is 13.8 Å². The Labute approximate surface area is 76.7 Å². The smallest absolute Gasteiger partial charge is 0.412 e. The van der Waals surface area contributed by atoms with E-state index >= 15 is 0 Å². The number of aryl methyl sites for hydroxylation is 2. The Bertz CT molecular complexity index is 306. The van der Waals surface area contributed by atoms with Crippen molar-refractivity contribution >= 4 is 11.9 Å². The number of rotatable bonds is 2. The summed E-state index contributed by atoms with van der Waals surface area (Å²) in [7, 11) is 1.76. The number of carbonyl (C=O) groups is 1. The molecule has 72 valence electrons. The summed E-state index contributed by atoms with van der Waals surface area (Å²) in [6.07, 6.45) is -0.453. The summed E-state index contributed by atoms with van der Waals surface area (Å²) in [6.45, 7) is 3.98. The molecular weight excluding hydrogens is 170 g/mol. The highest BCUT2D eigenvalue weighted by atomic mass is 16.5. The zero-order chi connectivity index (χ0) is 9.84. The van der Waals surface area contributed by atoms with Crippen molar-refractivity contribution in [1.82, 2.24) is 9.78 Å². The van der Waals surface area contributed by atoms with Gasteiger partial charge in [0.2, 0.25) is 0 Å². The highest BCUT2D eigenvalue weighted by Gasteiger charge is 2.06. The number of ether oxygens (including phenoxy) is 1. The fourth-order valence-electron chi connectivity index (χ4n) is 0.999. The van der Waals surface area contributed by atoms with Crippen molar-refractivity contribution in [3.63, 3.8) is 0 Å². The Morgan fingerprint density at radius 1 is 1.77 bits per heavy atom. The van der Waals surface area contributed by atoms with Gasteiger partial charge in [0.05, 0.1) is 12.3 Å². The SMILES string of the molecule is CCOC(=O)Nc1cc(C)nn1C. The van der Waals surface area contributed by atoms with Crippen LogP contribution in [-0.4, -0.2) is 22.5 Å². The highest BCUT2D eigenvalue weighted by molar-refractivity contribution is 5.83. The van der Waals surface area contributed by atoms with Crippen molar-refractivity contribution < 1.29 is 9.53 Å². The van der Waals surface area contributed by atoms with Gasteiger partial charge in [-0.2, -0.15) is 5.10 Å². The monoisotopic (exact) mass is 183 g/mol. The molecule has 0 bridgehead atoms. The number of aromatic nitrogens is 2. The minimum absolute atomic E-state index is 0.364. The van der Waals surface area contributed by atoms with Gasteiger partial charge >= 0.3 is 6.09 Å². The van der Waals surface area contributed by atoms with E-state index in [-0.39, 0.29) is 0 Å². The Kier molecular flexibility index (Phi) is 2.89. The molecule has 0 saturated heterocycles. The molecule has 5 nitrogen and oxygen atoms in total. The van der Waals surface area contributed by atoms with E-state index in [9.17, 15) is 4.79 Å². The summed E-state index contributed by atoms with van der Waals surface area (Å²) in [4.78, 5) is 11.0. The summed E-state index contributed by atoms with van der Waals surface area (Å²) in [5, 5.41) is 6.64. The lowest BCUT2D eigenvalue weighted by atomic mass is 10.5. The van der Waals surface area contributed by atoms with Crippen LogP contribution in [0.5, 0.6) is 0 Å². The number of hydrogen-bond acceptors (Lipinski definition) is 3. The maximum Gasteiger partial charge on any atom is 0.412 e. The standard InChI is InChI=1S/C8H13N3O2/c1-4-13-8(12)9-7-5-6(2)10-11(7)3/h5H,4H2,1-3H3,(H,9,12). The quantitative estimate of drug-likeness (QED) is 0.751. The molecule has 1 heterocycles. The van der Waals surface area contributed by atoms with E-state index in [0.717, 1.165) is 5.69 Å². The van der Waals surface area contributed by atoms with E-state index in [4.69, 9.17) is 4.74 Å². The van der Waals surface area contributed by atoms with Crippen LogP contribution in [-0.2, 0) is 11.8 Å². The largest absolute Gasteiger partial charge is 0.450 e. The van der Waals surface area contributed by atoms with E-state index in [0.29, 0.717) is 12.4 Å². The molecule has 0 aromatic carbocycles. The molecule has 1 N–H and O–H groups in total. The first kappa shape index (κ1) is 9.57. The molecule has 0 radical (unpaired) electrons. The van der Waals surface area contributed by atoms with Crippen LogP contribution in [0.2, 0.25) is 0 Å². The van der Waals surface area contributed by atoms with Crippen LogP contribution in [0.3, 0.4) is 0 Å². The van der Waals surface area contributed by atoms with Gasteiger partial charge in [0.25, 0.3) is 0 Å². The molecule has 0 spiro atoms. The number of amides is 1. The maximum atomic E-state index is 11.0. The molecule has 0 atom stereocenters. The second-order valence-corrected chi connectivity index (χ2v) is 2.64. The summed E-state index contributed by atoms with van der Waals surface area (Å²) in [5.41, 5.74) is 0.856. The van der Waals surface area contributed by atoms with Crippen LogP contribution in [0, 0.1) is 6.92 Å². The van der Waals surface area contributed by atoms with Gasteiger partial charge in [0, 0.05) is 13.1 Å². The second kappa shape index (κ2) is 3.93. The number of nitrogens with zero attached hydrogens (tertiary/aromatic N) is 2. The summed E-state index contributed by atoms with van der Waals surface area (Å²) < 4.78 is 6.31. The van der Waals surface area contributed by atoms with Crippen molar-refractivity contribution in [3.05, 3.63) is 11.8 Å². The van der Waals surface area contributed by atoms with Gasteiger partial charge in [-0.15, -0.1) is 0 Å². The third-order valence-corrected chi connectivity index (χ3v) is 1.51. The highest BCUT2D eigenvalue weighted by Crippen LogP contribution is 2.07. The number of nitrogens with one attached hydrogen (secondary N) is 1. The maximum absolute atomic E-state index is 11.0. The van der Waals surface area contributed by atoms with Crippen molar-refractivity contribution in [2.24, 2.45) is 7.05 Å². The molecule has 0 fully saturated rings. The normalized spacial score (nSPS) is 9.77. The molecule has 1 amide bonds. The minimum atomic E-state index is -0.453. The Hall–Kier alpha value is -1.52. The average molecular weight is 183 g/mol. The van der Waals surface area contributed by atoms with E-state index in [2.05, 4.69) is 10.4 Å². The van der Waals surface area contributed by atoms with Crippen LogP contribution in [0.15, 0.2) is 6.07 Å². The summed E-state index contributed by atoms with van der Waals surface area (Å²) >= 11 is 0. The van der Waals surface area contributed by atoms with Crippen LogP contribution in [0.25, 0.3) is 0 Å². The second-order valence-electron chi connectivity index (χ2n) is 2.64. The zero-order valence-electron chi connectivity index (χ0n) is 8.00. The Morgan fingerprint density at radius 2 is 2.46 bits per heavy atom. The van der Waals surface area contributed by atoms with Crippen molar-refractivity contribution in [2.45, 2.75) is 13.8 Å². The van der Waals surface area contributed by atoms with Gasteiger partial charge in [-0.1, -0.05) is 0 Å². The zero-order valence-corrected chi connectivity index (χ0v) is 8.00. The van der Waals surface area contributed by atoms with E-state index < -0.39 is 6.09 Å². The van der Waals surface area contributed by atoms with E-state index in [1.54, 1.807) is 24.7 Å². The Morgan fingerprint density at radius 3 is 2.92 bits per heavy atom. The van der Waals surface area contributed by atoms with Crippen LogP contribution >= 0.6 is 0 Å². The Balaban J connectivity index is 2.63. The van der Waals surface area contributed by atoms with Crippen LogP contribution in [0.1, 0.15) is 12.6 Å². The van der Waals surface area contributed by atoms with E-state index in [1.165, 1.54) is 0 Å². The molecule has 1 aromatic rings. The van der Waals surface area contributed by atoms with Crippen molar-refractivity contribution in [3.8, 4) is 0 Å². The molecule has 0 unspecified atom stereocenters. The molecular formula is C8H13N3O2. The molecule has 0 aliphatic carbocycles. The van der Waals surface area contributed by atoms with Crippen molar-refractivity contribution in [1.29, 1.82) is 0 Å². The molecule has 0 aliphatic rings. The minimum Gasteiger partial charge on any atom is -0.450 e. The molecule has 1 aromatic heterocycles. The number of hydrogen-bond donors (Lipinski definition) is 1. The van der Waals surface area contributed by atoms with Gasteiger partial charge in [0.1, 0.15) is 5.82 Å². The van der Waals surface area contributed by atoms with Gasteiger partial charge in [-0.25, -0.2) is 4.79 Å². The van der Waals surface area contributed by atoms with Gasteiger partial charge < -0.3 is 4.74 Å². The first-order chi connectivity index (χ1) is 6.13. The molecule has 13 heavy (non-hydrogen) atoms. The van der Waals surface area contributed by atoms with Gasteiger partial charge in [0.15, 0.2) is 0 Å². The predicted octanol–water partition coefficient (Wildman–Crippen LogP) is 1.30. The fourth-order valence-corrected chi connectivity index (χ4v) is 0.999. The van der Waals surface area contributed by atoms with Gasteiger partial charge in [-0.3, -0.25) is 10.00 Å². The topological polar surface area (TPSA) is 56.1 Å². The molecule has 0 saturated carbocycles. The molecule has 5 heteroatoms. The van der Waals surface area contributed by atoms with Crippen molar-refractivity contribution in [2.75, 3.05) is 11.9 Å². The van der Waals surface area contributed by atoms with Crippen LogP contribution in [0.4, 0.5) is 10.6 Å². The molecule has 1 rings (SSSR count). The number of anilines is 1. The third kappa shape index (κ3) is 2.47. The van der Waals surface area contributed by atoms with E-state index in [1.807, 2.05) is 6.92 Å². The lowest BCUT2D eigenvalue weighted by Crippen LogP contribution is -2.15. The number of carbonyl (C=O) groups excluding carboxylic acids is 1. The third-order valence-electron chi connectivity index (χ3n) is 1.51. The predicted molar refractivity (Wildman–Crippen MR) is 48.6 cm³/mol. The average Bonchev–Trinajstić information content (AvgIpc) is 2.30.